The van der Waals surface area contributed by atoms with Gasteiger partial charge in [0.15, 0.2) is 0 Å². The number of fused-ring (bicyclic) bond motifs is 2. The fraction of sp³-hybridized carbons (Fsp3) is 0.0233. The topological polar surface area (TPSA) is 9.72 Å². The second-order valence-corrected chi connectivity index (χ2v) is 11.6. The maximum absolute atomic E-state index is 2.36. The summed E-state index contributed by atoms with van der Waals surface area (Å²) in [5, 5.41) is 0. The standard InChI is InChI=1S/C43H33N3/c1-44-40-19-11-12-20-41(40)46(37-17-9-4-10-18-37)42-30-25-35(31-43(42)44)34-23-28-39(29-24-34)45(36-15-7-3-8-16-36)38-26-21-33(22-27-38)32-13-5-2-6-14-32/h2-31H,1H3. The first-order valence-electron chi connectivity index (χ1n) is 15.7. The summed E-state index contributed by atoms with van der Waals surface area (Å²) >= 11 is 0. The van der Waals surface area contributed by atoms with Crippen LogP contribution in [0.5, 0.6) is 0 Å². The van der Waals surface area contributed by atoms with Crippen molar-refractivity contribution in [3.63, 3.8) is 0 Å². The van der Waals surface area contributed by atoms with Crippen molar-refractivity contribution >= 4 is 45.5 Å². The minimum Gasteiger partial charge on any atom is -0.341 e. The van der Waals surface area contributed by atoms with Gasteiger partial charge in [-0.1, -0.05) is 109 Å². The molecule has 220 valence electrons. The molecule has 1 heterocycles. The number of hydrogen-bond donors (Lipinski definition) is 0. The number of nitrogens with zero attached hydrogens (tertiary/aromatic N) is 3. The molecule has 8 rings (SSSR count). The second-order valence-electron chi connectivity index (χ2n) is 11.6. The number of rotatable bonds is 6. The highest BCUT2D eigenvalue weighted by molar-refractivity contribution is 5.99. The summed E-state index contributed by atoms with van der Waals surface area (Å²) in [5.41, 5.74) is 14.0. The van der Waals surface area contributed by atoms with Crippen molar-refractivity contribution < 1.29 is 0 Å². The molecule has 7 aromatic carbocycles. The van der Waals surface area contributed by atoms with Crippen LogP contribution in [0.3, 0.4) is 0 Å². The molecule has 46 heavy (non-hydrogen) atoms. The van der Waals surface area contributed by atoms with E-state index in [-0.39, 0.29) is 0 Å². The van der Waals surface area contributed by atoms with E-state index in [2.05, 4.69) is 204 Å². The van der Waals surface area contributed by atoms with Gasteiger partial charge in [-0.25, -0.2) is 0 Å². The third kappa shape index (κ3) is 4.98. The number of benzene rings is 7. The van der Waals surface area contributed by atoms with Crippen LogP contribution in [0.2, 0.25) is 0 Å². The molecule has 0 bridgehead atoms. The summed E-state index contributed by atoms with van der Waals surface area (Å²) in [6, 6.07) is 64.9. The summed E-state index contributed by atoms with van der Waals surface area (Å²) in [6.07, 6.45) is 0. The van der Waals surface area contributed by atoms with Gasteiger partial charge in [0, 0.05) is 29.8 Å². The molecule has 1 aliphatic heterocycles. The average molecular weight is 592 g/mol. The van der Waals surface area contributed by atoms with E-state index in [1.807, 2.05) is 0 Å². The zero-order chi connectivity index (χ0) is 30.9. The molecular weight excluding hydrogens is 558 g/mol. The SMILES string of the molecule is CN1c2ccccc2N(c2ccccc2)c2ccc(-c3ccc(N(c4ccccc4)c4ccc(-c5ccccc5)cc4)cc3)cc21. The lowest BCUT2D eigenvalue weighted by Gasteiger charge is -2.38. The highest BCUT2D eigenvalue weighted by Gasteiger charge is 2.27. The molecule has 0 saturated heterocycles. The molecular formula is C43H33N3. The van der Waals surface area contributed by atoms with E-state index in [1.54, 1.807) is 0 Å². The van der Waals surface area contributed by atoms with Gasteiger partial charge in [-0.15, -0.1) is 0 Å². The van der Waals surface area contributed by atoms with Crippen LogP contribution in [0.25, 0.3) is 22.3 Å². The minimum absolute atomic E-state index is 1.11. The first kappa shape index (κ1) is 27.5. The maximum atomic E-state index is 2.36. The Balaban J connectivity index is 1.15. The van der Waals surface area contributed by atoms with Gasteiger partial charge < -0.3 is 14.7 Å². The molecule has 0 unspecified atom stereocenters. The summed E-state index contributed by atoms with van der Waals surface area (Å²) in [5.74, 6) is 0. The Hall–Kier alpha value is -6.06. The van der Waals surface area contributed by atoms with E-state index in [4.69, 9.17) is 0 Å². The summed E-state index contributed by atoms with van der Waals surface area (Å²) in [7, 11) is 2.16. The molecule has 0 N–H and O–H groups in total. The summed E-state index contributed by atoms with van der Waals surface area (Å²) in [4.78, 5) is 6.98. The molecule has 0 aliphatic carbocycles. The molecule has 0 amide bonds. The third-order valence-electron chi connectivity index (χ3n) is 8.78. The molecule has 0 atom stereocenters. The lowest BCUT2D eigenvalue weighted by atomic mass is 10.00. The normalized spacial score (nSPS) is 11.9. The van der Waals surface area contributed by atoms with Crippen LogP contribution in [0.4, 0.5) is 45.5 Å². The molecule has 0 fully saturated rings. The molecule has 3 heteroatoms. The van der Waals surface area contributed by atoms with Gasteiger partial charge in [0.05, 0.1) is 22.7 Å². The maximum Gasteiger partial charge on any atom is 0.0700 e. The first-order chi connectivity index (χ1) is 22.7. The van der Waals surface area contributed by atoms with Gasteiger partial charge in [-0.05, 0) is 95.1 Å². The largest absolute Gasteiger partial charge is 0.341 e. The summed E-state index contributed by atoms with van der Waals surface area (Å²) < 4.78 is 0. The Bertz CT molecular complexity index is 2090. The van der Waals surface area contributed by atoms with Crippen LogP contribution in [0.1, 0.15) is 0 Å². The van der Waals surface area contributed by atoms with Crippen molar-refractivity contribution in [1.29, 1.82) is 0 Å². The lowest BCUT2D eigenvalue weighted by Crippen LogP contribution is -2.24. The van der Waals surface area contributed by atoms with E-state index < -0.39 is 0 Å². The smallest absolute Gasteiger partial charge is 0.0700 e. The summed E-state index contributed by atoms with van der Waals surface area (Å²) in [6.45, 7) is 0. The number of para-hydroxylation sites is 4. The quantitative estimate of drug-likeness (QED) is 0.190. The molecule has 1 aliphatic rings. The van der Waals surface area contributed by atoms with Gasteiger partial charge in [-0.3, -0.25) is 0 Å². The number of anilines is 8. The van der Waals surface area contributed by atoms with Crippen LogP contribution < -0.4 is 14.7 Å². The zero-order valence-electron chi connectivity index (χ0n) is 25.7. The predicted molar refractivity (Wildman–Crippen MR) is 195 cm³/mol. The Morgan fingerprint density at radius 2 is 0.783 bits per heavy atom. The highest BCUT2D eigenvalue weighted by atomic mass is 15.3. The Labute approximate surface area is 270 Å². The zero-order valence-corrected chi connectivity index (χ0v) is 25.7. The van der Waals surface area contributed by atoms with Crippen molar-refractivity contribution in [2.75, 3.05) is 21.7 Å². The molecule has 0 aromatic heterocycles. The molecule has 0 saturated carbocycles. The lowest BCUT2D eigenvalue weighted by molar-refractivity contribution is 1.13. The molecule has 3 nitrogen and oxygen atoms in total. The Morgan fingerprint density at radius 3 is 1.41 bits per heavy atom. The van der Waals surface area contributed by atoms with Gasteiger partial charge in [-0.2, -0.15) is 0 Å². The van der Waals surface area contributed by atoms with Gasteiger partial charge >= 0.3 is 0 Å². The van der Waals surface area contributed by atoms with Crippen molar-refractivity contribution in [3.05, 3.63) is 182 Å². The van der Waals surface area contributed by atoms with Crippen molar-refractivity contribution in [1.82, 2.24) is 0 Å². The van der Waals surface area contributed by atoms with Crippen LogP contribution in [-0.2, 0) is 0 Å². The predicted octanol–water partition coefficient (Wildman–Crippen LogP) is 12.0. The van der Waals surface area contributed by atoms with Crippen molar-refractivity contribution in [2.24, 2.45) is 0 Å². The number of hydrogen-bond acceptors (Lipinski definition) is 3. The Morgan fingerprint density at radius 1 is 0.348 bits per heavy atom. The highest BCUT2D eigenvalue weighted by Crippen LogP contribution is 2.51. The van der Waals surface area contributed by atoms with Crippen LogP contribution in [0.15, 0.2) is 182 Å². The van der Waals surface area contributed by atoms with E-state index in [1.165, 1.54) is 45.0 Å². The van der Waals surface area contributed by atoms with Crippen molar-refractivity contribution in [3.8, 4) is 22.3 Å². The van der Waals surface area contributed by atoms with E-state index >= 15 is 0 Å². The Kier molecular flexibility index (Phi) is 7.05. The molecule has 0 spiro atoms. The van der Waals surface area contributed by atoms with Crippen molar-refractivity contribution in [2.45, 2.75) is 0 Å². The third-order valence-corrected chi connectivity index (χ3v) is 8.78. The van der Waals surface area contributed by atoms with Crippen LogP contribution >= 0.6 is 0 Å². The van der Waals surface area contributed by atoms with Crippen LogP contribution in [-0.4, -0.2) is 7.05 Å². The molecule has 7 aromatic rings. The minimum atomic E-state index is 1.11. The second kappa shape index (κ2) is 11.8. The van der Waals surface area contributed by atoms with E-state index in [0.29, 0.717) is 0 Å². The fourth-order valence-corrected chi connectivity index (χ4v) is 6.47. The van der Waals surface area contributed by atoms with E-state index in [0.717, 1.165) is 22.7 Å². The van der Waals surface area contributed by atoms with Gasteiger partial charge in [0.25, 0.3) is 0 Å². The molecule has 0 radical (unpaired) electrons. The van der Waals surface area contributed by atoms with Gasteiger partial charge in [0.1, 0.15) is 0 Å². The van der Waals surface area contributed by atoms with Crippen LogP contribution in [0, 0.1) is 0 Å². The monoisotopic (exact) mass is 591 g/mol. The average Bonchev–Trinajstić information content (AvgIpc) is 3.14. The van der Waals surface area contributed by atoms with E-state index in [9.17, 15) is 0 Å². The fourth-order valence-electron chi connectivity index (χ4n) is 6.47. The van der Waals surface area contributed by atoms with Gasteiger partial charge in [0.2, 0.25) is 0 Å². The first-order valence-corrected chi connectivity index (χ1v) is 15.7.